The zero-order chi connectivity index (χ0) is 10.8. The summed E-state index contributed by atoms with van der Waals surface area (Å²) in [6.45, 7) is 1.38. The molecule has 0 spiro atoms. The maximum Gasteiger partial charge on any atom is 0.328 e. The molecule has 15 heavy (non-hydrogen) atoms. The van der Waals surface area contributed by atoms with Crippen molar-refractivity contribution in [1.82, 2.24) is 9.55 Å². The molecule has 2 heterocycles. The minimum atomic E-state index is -0.445. The number of hydrogen-bond donors (Lipinski definition) is 1. The molecule has 0 atom stereocenters. The van der Waals surface area contributed by atoms with Gasteiger partial charge in [0.2, 0.25) is 0 Å². The summed E-state index contributed by atoms with van der Waals surface area (Å²) in [6.07, 6.45) is 1.09. The van der Waals surface area contributed by atoms with Crippen LogP contribution in [0.5, 0.6) is 0 Å². The molecule has 1 aliphatic rings. The molecule has 7 heteroatoms. The summed E-state index contributed by atoms with van der Waals surface area (Å²) < 4.78 is 12.2. The predicted molar refractivity (Wildman–Crippen MR) is 59.7 cm³/mol. The van der Waals surface area contributed by atoms with Gasteiger partial charge in [0, 0.05) is 6.20 Å². The van der Waals surface area contributed by atoms with Crippen LogP contribution in [-0.2, 0) is 16.0 Å². The third-order valence-corrected chi connectivity index (χ3v) is 2.77. The molecule has 0 saturated carbocycles. The van der Waals surface area contributed by atoms with E-state index in [1.165, 1.54) is 10.8 Å². The summed E-state index contributed by atoms with van der Waals surface area (Å²) in [5.74, 6) is 0. The number of nitrogens with one attached hydrogen (secondary N) is 1. The van der Waals surface area contributed by atoms with Crippen molar-refractivity contribution in [2.24, 2.45) is 0 Å². The Morgan fingerprint density at radius 2 is 2.13 bits per heavy atom. The largest absolute Gasteiger partial charge is 0.348 e. The van der Waals surface area contributed by atoms with Crippen LogP contribution >= 0.6 is 22.6 Å². The lowest BCUT2D eigenvalue weighted by molar-refractivity contribution is -0.0533. The Hall–Kier alpha value is -0.670. The molecule has 1 aromatic rings. The first-order valence-corrected chi connectivity index (χ1v) is 5.47. The van der Waals surface area contributed by atoms with Crippen LogP contribution in [-0.4, -0.2) is 29.1 Å². The maximum absolute atomic E-state index is 11.4. The summed E-state index contributed by atoms with van der Waals surface area (Å²) in [5.41, 5.74) is -0.815. The van der Waals surface area contributed by atoms with Gasteiger partial charge in [-0.25, -0.2) is 4.79 Å². The second kappa shape index (κ2) is 4.45. The first-order chi connectivity index (χ1) is 7.16. The van der Waals surface area contributed by atoms with Crippen molar-refractivity contribution in [3.8, 4) is 0 Å². The fourth-order valence-electron chi connectivity index (χ4n) is 1.29. The van der Waals surface area contributed by atoms with Crippen LogP contribution in [0, 0.1) is 3.57 Å². The topological polar surface area (TPSA) is 73.3 Å². The number of aromatic nitrogens is 2. The first kappa shape index (κ1) is 10.8. The lowest BCUT2D eigenvalue weighted by Gasteiger charge is -2.10. The number of halogens is 1. The highest BCUT2D eigenvalue weighted by atomic mass is 127. The van der Waals surface area contributed by atoms with Gasteiger partial charge in [-0.3, -0.25) is 14.3 Å². The molecule has 1 fully saturated rings. The van der Waals surface area contributed by atoms with Crippen molar-refractivity contribution >= 4 is 22.6 Å². The van der Waals surface area contributed by atoms with Gasteiger partial charge in [-0.1, -0.05) is 0 Å². The monoisotopic (exact) mass is 324 g/mol. The molecule has 1 N–H and O–H groups in total. The van der Waals surface area contributed by atoms with Crippen molar-refractivity contribution in [3.63, 3.8) is 0 Å². The zero-order valence-electron chi connectivity index (χ0n) is 7.73. The molecule has 0 amide bonds. The molecular weight excluding hydrogens is 315 g/mol. The van der Waals surface area contributed by atoms with Crippen molar-refractivity contribution in [2.75, 3.05) is 13.2 Å². The predicted octanol–water partition coefficient (Wildman–Crippen LogP) is -0.486. The van der Waals surface area contributed by atoms with E-state index in [1.54, 1.807) is 0 Å². The van der Waals surface area contributed by atoms with Gasteiger partial charge in [0.15, 0.2) is 6.29 Å². The highest BCUT2D eigenvalue weighted by molar-refractivity contribution is 14.1. The van der Waals surface area contributed by atoms with Crippen molar-refractivity contribution in [2.45, 2.75) is 12.8 Å². The van der Waals surface area contributed by atoms with E-state index in [0.29, 0.717) is 23.3 Å². The van der Waals surface area contributed by atoms with Gasteiger partial charge in [-0.2, -0.15) is 0 Å². The van der Waals surface area contributed by atoms with Crippen LogP contribution in [0.1, 0.15) is 0 Å². The number of nitrogens with zero attached hydrogens (tertiary/aromatic N) is 1. The summed E-state index contributed by atoms with van der Waals surface area (Å²) in [4.78, 5) is 24.7. The molecule has 0 aliphatic carbocycles. The van der Waals surface area contributed by atoms with Gasteiger partial charge in [0.1, 0.15) is 0 Å². The smallest absolute Gasteiger partial charge is 0.328 e. The number of H-pyrrole nitrogens is 1. The summed E-state index contributed by atoms with van der Waals surface area (Å²) in [7, 11) is 0. The minimum Gasteiger partial charge on any atom is -0.348 e. The Morgan fingerprint density at radius 1 is 1.47 bits per heavy atom. The highest BCUT2D eigenvalue weighted by Gasteiger charge is 2.17. The van der Waals surface area contributed by atoms with Crippen molar-refractivity contribution in [3.05, 3.63) is 30.6 Å². The standard InChI is InChI=1S/C8H9IN2O4/c9-5-3-11(8(13)10-7(5)12)4-6-14-1-2-15-6/h3,6H,1-2,4H2,(H,10,12,13). The normalized spacial score (nSPS) is 17.1. The van der Waals surface area contributed by atoms with Gasteiger partial charge in [0.25, 0.3) is 5.56 Å². The third-order valence-electron chi connectivity index (χ3n) is 2.00. The molecule has 82 valence electrons. The van der Waals surface area contributed by atoms with Gasteiger partial charge < -0.3 is 9.47 Å². The van der Waals surface area contributed by atoms with E-state index >= 15 is 0 Å². The van der Waals surface area contributed by atoms with Crippen LogP contribution in [0.15, 0.2) is 15.8 Å². The van der Waals surface area contributed by atoms with Gasteiger partial charge in [-0.05, 0) is 22.6 Å². The quantitative estimate of drug-likeness (QED) is 0.746. The molecular formula is C8H9IN2O4. The van der Waals surface area contributed by atoms with E-state index in [4.69, 9.17) is 9.47 Å². The molecule has 1 aromatic heterocycles. The van der Waals surface area contributed by atoms with Crippen LogP contribution in [0.25, 0.3) is 0 Å². The SMILES string of the molecule is O=c1[nH]c(=O)n(CC2OCCO2)cc1I. The molecule has 0 unspecified atom stereocenters. The molecule has 1 saturated heterocycles. The second-order valence-corrected chi connectivity index (χ2v) is 4.22. The fourth-order valence-corrected chi connectivity index (χ4v) is 1.76. The Balaban J connectivity index is 2.24. The average molecular weight is 324 g/mol. The summed E-state index contributed by atoms with van der Waals surface area (Å²) >= 11 is 1.87. The van der Waals surface area contributed by atoms with Gasteiger partial charge in [0.05, 0.1) is 23.3 Å². The highest BCUT2D eigenvalue weighted by Crippen LogP contribution is 2.05. The van der Waals surface area contributed by atoms with Crippen LogP contribution in [0.3, 0.4) is 0 Å². The summed E-state index contributed by atoms with van der Waals surface area (Å²) in [6, 6.07) is 0. The average Bonchev–Trinajstić information content (AvgIpc) is 2.67. The van der Waals surface area contributed by atoms with E-state index in [-0.39, 0.29) is 5.56 Å². The Morgan fingerprint density at radius 3 is 2.80 bits per heavy atom. The van der Waals surface area contributed by atoms with E-state index in [1.807, 2.05) is 22.6 Å². The number of aromatic amines is 1. The molecule has 0 radical (unpaired) electrons. The summed E-state index contributed by atoms with van der Waals surface area (Å²) in [5, 5.41) is 0. The van der Waals surface area contributed by atoms with Gasteiger partial charge >= 0.3 is 5.69 Å². The number of rotatable bonds is 2. The minimum absolute atomic E-state index is 0.297. The van der Waals surface area contributed by atoms with Gasteiger partial charge in [-0.15, -0.1) is 0 Å². The lowest BCUT2D eigenvalue weighted by atomic mass is 10.5. The molecule has 6 nitrogen and oxygen atoms in total. The van der Waals surface area contributed by atoms with E-state index in [2.05, 4.69) is 4.98 Å². The number of ether oxygens (including phenoxy) is 2. The molecule has 2 rings (SSSR count). The Kier molecular flexibility index (Phi) is 3.22. The maximum atomic E-state index is 11.4. The first-order valence-electron chi connectivity index (χ1n) is 4.39. The van der Waals surface area contributed by atoms with E-state index < -0.39 is 12.0 Å². The van der Waals surface area contributed by atoms with Crippen LogP contribution < -0.4 is 11.2 Å². The molecule has 0 aromatic carbocycles. The Bertz CT molecular complexity index is 460. The van der Waals surface area contributed by atoms with Crippen LogP contribution in [0.4, 0.5) is 0 Å². The molecule has 1 aliphatic heterocycles. The van der Waals surface area contributed by atoms with Crippen LogP contribution in [0.2, 0.25) is 0 Å². The molecule has 0 bridgehead atoms. The lowest BCUT2D eigenvalue weighted by Crippen LogP contribution is -2.34. The Labute approximate surface area is 98.3 Å². The van der Waals surface area contributed by atoms with Crippen molar-refractivity contribution in [1.29, 1.82) is 0 Å². The third kappa shape index (κ3) is 2.47. The van der Waals surface area contributed by atoms with E-state index in [9.17, 15) is 9.59 Å². The zero-order valence-corrected chi connectivity index (χ0v) is 9.89. The van der Waals surface area contributed by atoms with E-state index in [0.717, 1.165) is 0 Å². The van der Waals surface area contributed by atoms with Crippen molar-refractivity contribution < 1.29 is 9.47 Å². The number of hydrogen-bond acceptors (Lipinski definition) is 4. The fraction of sp³-hybridized carbons (Fsp3) is 0.500. The second-order valence-electron chi connectivity index (χ2n) is 3.06.